The second-order valence-electron chi connectivity index (χ2n) is 3.28. The summed E-state index contributed by atoms with van der Waals surface area (Å²) in [6, 6.07) is 0. The van der Waals surface area contributed by atoms with Crippen molar-refractivity contribution < 1.29 is 83.3 Å². The van der Waals surface area contributed by atoms with Crippen LogP contribution in [-0.2, 0) is 26.2 Å². The molecule has 86 valence electrons. The van der Waals surface area contributed by atoms with Crippen LogP contribution in [0.1, 0.15) is 41.5 Å². The Morgan fingerprint density at radius 1 is 0.571 bits per heavy atom. The molecule has 3 nitrogen and oxygen atoms in total. The fourth-order valence-corrected chi connectivity index (χ4v) is 0. The van der Waals surface area contributed by atoms with Gasteiger partial charge in [0.1, 0.15) is 0 Å². The molecule has 0 amide bonds. The van der Waals surface area contributed by atoms with Gasteiger partial charge >= 0.3 is 0 Å². The molecule has 14 heavy (non-hydrogen) atoms. The second kappa shape index (κ2) is 24.4. The number of hydrogen-bond acceptors (Lipinski definition) is 3. The van der Waals surface area contributed by atoms with E-state index in [1.54, 1.807) is 41.5 Å². The predicted molar refractivity (Wildman–Crippen MR) is 52.1 cm³/mol. The Labute approximate surface area is 141 Å². The summed E-state index contributed by atoms with van der Waals surface area (Å²) in [5, 5.41) is 24.2. The molecule has 0 aromatic carbocycles. The number of rotatable bonds is 0. The minimum atomic E-state index is -0.167. The molecule has 0 aromatic rings. The predicted octanol–water partition coefficient (Wildman–Crippen LogP) is 1.16. The van der Waals surface area contributed by atoms with Crippen LogP contribution >= 0.6 is 0 Å². The van der Waals surface area contributed by atoms with Crippen molar-refractivity contribution >= 4 is 0 Å². The summed E-state index contributed by atoms with van der Waals surface area (Å²) in [6.45, 7) is 10.3. The van der Waals surface area contributed by atoms with E-state index in [2.05, 4.69) is 0 Å². The quantitative estimate of drug-likeness (QED) is 0.561. The van der Waals surface area contributed by atoms with Crippen LogP contribution in [0.3, 0.4) is 0 Å². The largest absolute Gasteiger partial charge is 0.394 e. The Hall–Kier alpha value is 2.14. The molecule has 0 spiro atoms. The molecule has 3 N–H and O–H groups in total. The Morgan fingerprint density at radius 2 is 0.571 bits per heavy atom. The van der Waals surface area contributed by atoms with Crippen LogP contribution in [0.4, 0.5) is 0 Å². The van der Waals surface area contributed by atoms with Crippen molar-refractivity contribution in [3.63, 3.8) is 0 Å². The van der Waals surface area contributed by atoms with Crippen LogP contribution in [0.5, 0.6) is 0 Å². The third-order valence-corrected chi connectivity index (χ3v) is 0. The van der Waals surface area contributed by atoms with E-state index in [1.807, 2.05) is 0 Å². The molecule has 0 aliphatic carbocycles. The monoisotopic (exact) mass is 410 g/mol. The molecule has 0 saturated carbocycles. The van der Waals surface area contributed by atoms with Crippen molar-refractivity contribution in [2.75, 3.05) is 0 Å². The van der Waals surface area contributed by atoms with E-state index in [1.165, 1.54) is 0 Å². The van der Waals surface area contributed by atoms with Gasteiger partial charge in [0.05, 0.1) is 0 Å². The van der Waals surface area contributed by atoms with E-state index >= 15 is 0 Å². The Kier molecular flexibility index (Phi) is 51.9. The summed E-state index contributed by atoms with van der Waals surface area (Å²) < 4.78 is 0. The van der Waals surface area contributed by atoms with E-state index in [0.717, 1.165) is 0 Å². The summed E-state index contributed by atoms with van der Waals surface area (Å²) in [5.74, 6) is 0. The van der Waals surface area contributed by atoms with Crippen LogP contribution in [0, 0.1) is 41.7 Å². The minimum Gasteiger partial charge on any atom is -0.394 e. The zero-order chi connectivity index (χ0) is 10.7. The Bertz CT molecular complexity index is 48.5. The fourth-order valence-electron chi connectivity index (χ4n) is 0. The molecule has 0 radical (unpaired) electrons. The van der Waals surface area contributed by atoms with E-state index in [9.17, 15) is 0 Å². The summed E-state index contributed by atoms with van der Waals surface area (Å²) >= 11 is 0. The van der Waals surface area contributed by atoms with Gasteiger partial charge in [0.15, 0.2) is 0 Å². The van der Waals surface area contributed by atoms with Gasteiger partial charge in [-0.05, 0) is 41.5 Å². The molecular formula is C9H24CeO3Zr. The van der Waals surface area contributed by atoms with Crippen LogP contribution in [0.2, 0.25) is 0 Å². The molecule has 0 atom stereocenters. The fraction of sp³-hybridized carbons (Fsp3) is 1.00. The second-order valence-corrected chi connectivity index (χ2v) is 3.28. The van der Waals surface area contributed by atoms with Gasteiger partial charge in [0.2, 0.25) is 0 Å². The topological polar surface area (TPSA) is 60.7 Å². The first-order valence-corrected chi connectivity index (χ1v) is 4.24. The SMILES string of the molecule is CC(C)O.CC(C)O.CC(C)O.[Ce].[Zr]. The van der Waals surface area contributed by atoms with Gasteiger partial charge < -0.3 is 15.3 Å². The molecule has 0 rings (SSSR count). The normalized spacial score (nSPS) is 7.71. The summed E-state index contributed by atoms with van der Waals surface area (Å²) in [6.07, 6.45) is -0.500. The van der Waals surface area contributed by atoms with Crippen LogP contribution in [-0.4, -0.2) is 33.6 Å². The van der Waals surface area contributed by atoms with Gasteiger partial charge in [0.25, 0.3) is 0 Å². The van der Waals surface area contributed by atoms with Crippen molar-refractivity contribution in [3.05, 3.63) is 0 Å². The van der Waals surface area contributed by atoms with Gasteiger partial charge in [-0.3, -0.25) is 0 Å². The molecule has 0 saturated heterocycles. The smallest absolute Gasteiger partial charge is 0.0483 e. The van der Waals surface area contributed by atoms with E-state index in [0.29, 0.717) is 0 Å². The zero-order valence-corrected chi connectivity index (χ0v) is 15.7. The van der Waals surface area contributed by atoms with Crippen molar-refractivity contribution in [1.29, 1.82) is 0 Å². The third-order valence-electron chi connectivity index (χ3n) is 0. The van der Waals surface area contributed by atoms with Gasteiger partial charge in [-0.2, -0.15) is 0 Å². The first-order chi connectivity index (χ1) is 5.20. The summed E-state index contributed by atoms with van der Waals surface area (Å²) in [5.41, 5.74) is 0. The van der Waals surface area contributed by atoms with E-state index < -0.39 is 0 Å². The number of hydrogen-bond donors (Lipinski definition) is 3. The van der Waals surface area contributed by atoms with E-state index in [-0.39, 0.29) is 86.3 Å². The maximum absolute atomic E-state index is 8.06. The van der Waals surface area contributed by atoms with Gasteiger partial charge in [-0.15, -0.1) is 0 Å². The van der Waals surface area contributed by atoms with Crippen LogP contribution in [0.25, 0.3) is 0 Å². The minimum absolute atomic E-state index is 0. The zero-order valence-electron chi connectivity index (χ0n) is 10.1. The summed E-state index contributed by atoms with van der Waals surface area (Å²) in [4.78, 5) is 0. The molecule has 0 aromatic heterocycles. The Morgan fingerprint density at radius 3 is 0.571 bits per heavy atom. The molecule has 0 heterocycles. The molecule has 0 bridgehead atoms. The number of aliphatic hydroxyl groups is 3. The first-order valence-electron chi connectivity index (χ1n) is 4.24. The first kappa shape index (κ1) is 29.8. The third kappa shape index (κ3) is 533. The van der Waals surface area contributed by atoms with Crippen molar-refractivity contribution in [3.8, 4) is 0 Å². The van der Waals surface area contributed by atoms with E-state index in [4.69, 9.17) is 15.3 Å². The number of aliphatic hydroxyl groups excluding tert-OH is 3. The van der Waals surface area contributed by atoms with Crippen LogP contribution in [0.15, 0.2) is 0 Å². The van der Waals surface area contributed by atoms with Crippen molar-refractivity contribution in [1.82, 2.24) is 0 Å². The average Bonchev–Trinajstić information content (AvgIpc) is 1.54. The molecule has 0 unspecified atom stereocenters. The van der Waals surface area contributed by atoms with Gasteiger partial charge in [-0.1, -0.05) is 0 Å². The van der Waals surface area contributed by atoms with Crippen molar-refractivity contribution in [2.24, 2.45) is 0 Å². The Balaban J connectivity index is -0.0000000270. The maximum Gasteiger partial charge on any atom is 0.0483 e. The maximum atomic E-state index is 8.06. The van der Waals surface area contributed by atoms with Gasteiger partial charge in [-0.25, -0.2) is 0 Å². The average molecular weight is 412 g/mol. The van der Waals surface area contributed by atoms with Gasteiger partial charge in [0, 0.05) is 86.3 Å². The van der Waals surface area contributed by atoms with Crippen molar-refractivity contribution in [2.45, 2.75) is 59.9 Å². The molecule has 0 aliphatic heterocycles. The molecule has 0 aliphatic rings. The molecular weight excluding hydrogens is 387 g/mol. The molecule has 5 heteroatoms. The standard InChI is InChI=1S/3C3H8O.Ce.Zr/c3*1-3(2)4;;/h3*3-4H,1-2H3;;. The summed E-state index contributed by atoms with van der Waals surface area (Å²) in [7, 11) is 0. The van der Waals surface area contributed by atoms with Crippen LogP contribution < -0.4 is 0 Å². The molecule has 0 fully saturated rings.